The van der Waals surface area contributed by atoms with Crippen LogP contribution in [0.3, 0.4) is 0 Å². The van der Waals surface area contributed by atoms with E-state index >= 15 is 0 Å². The smallest absolute Gasteiger partial charge is 0.213 e. The molecule has 0 radical (unpaired) electrons. The first-order valence-electron chi connectivity index (χ1n) is 22.9. The Bertz CT molecular complexity index is 2140. The number of carbonyl (C=O) groups is 3. The van der Waals surface area contributed by atoms with Gasteiger partial charge in [-0.05, 0) is 82.4 Å². The first kappa shape index (κ1) is 45.4. The molecule has 0 aromatic rings. The molecule has 14 rings (SSSR count). The Labute approximate surface area is 384 Å². The predicted molar refractivity (Wildman–Crippen MR) is 236 cm³/mol. The molecule has 3 N–H and O–H groups in total. The van der Waals surface area contributed by atoms with E-state index in [-0.39, 0.29) is 52.3 Å². The van der Waals surface area contributed by atoms with Crippen molar-refractivity contribution in [2.45, 2.75) is 135 Å². The van der Waals surface area contributed by atoms with Gasteiger partial charge in [0.05, 0.1) is 38.1 Å². The zero-order valence-corrected chi connectivity index (χ0v) is 40.3. The van der Waals surface area contributed by atoms with Crippen LogP contribution in [-0.4, -0.2) is 113 Å². The maximum atomic E-state index is 13.9. The number of aliphatic hydroxyl groups is 3. The molecule has 12 nitrogen and oxygen atoms in total. The maximum Gasteiger partial charge on any atom is 0.213 e. The summed E-state index contributed by atoms with van der Waals surface area (Å²) in [5, 5.41) is 34.7. The Morgan fingerprint density at radius 1 is 0.730 bits per heavy atom. The van der Waals surface area contributed by atoms with Crippen LogP contribution < -0.4 is 0 Å². The summed E-state index contributed by atoms with van der Waals surface area (Å²) >= 11 is 9.53. The van der Waals surface area contributed by atoms with Crippen molar-refractivity contribution in [3.8, 4) is 0 Å². The van der Waals surface area contributed by atoms with E-state index in [0.717, 1.165) is 25.7 Å². The summed E-state index contributed by atoms with van der Waals surface area (Å²) in [5.74, 6) is -6.33. The summed E-state index contributed by atoms with van der Waals surface area (Å²) in [6.45, 7) is 25.8. The van der Waals surface area contributed by atoms with Crippen LogP contribution in [0.25, 0.3) is 0 Å². The fourth-order valence-electron chi connectivity index (χ4n) is 16.5. The highest BCUT2D eigenvalue weighted by Crippen LogP contribution is 2.80. The van der Waals surface area contributed by atoms with Crippen molar-refractivity contribution in [3.63, 3.8) is 0 Å². The molecule has 6 saturated heterocycles. The number of ether oxygens (including phenoxy) is 6. The van der Waals surface area contributed by atoms with E-state index in [2.05, 4.69) is 13.2 Å². The summed E-state index contributed by atoms with van der Waals surface area (Å²) in [6.07, 6.45) is 6.91. The van der Waals surface area contributed by atoms with Crippen LogP contribution in [0.5, 0.6) is 0 Å². The Hall–Kier alpha value is -1.38. The lowest BCUT2D eigenvalue weighted by molar-refractivity contribution is -0.524. The summed E-state index contributed by atoms with van der Waals surface area (Å²) in [7, 11) is 0.333. The van der Waals surface area contributed by atoms with Crippen LogP contribution in [0.1, 0.15) is 81.1 Å². The molecule has 348 valence electrons. The second-order valence-corrected chi connectivity index (χ2v) is 22.9. The Morgan fingerprint density at radius 2 is 1.14 bits per heavy atom. The fourth-order valence-corrected chi connectivity index (χ4v) is 16.5. The van der Waals surface area contributed by atoms with Gasteiger partial charge in [-0.15, -0.1) is 32.4 Å². The van der Waals surface area contributed by atoms with Crippen molar-refractivity contribution in [2.75, 3.05) is 25.2 Å². The Morgan fingerprint density at radius 3 is 1.59 bits per heavy atom. The minimum atomic E-state index is -1.53. The lowest BCUT2D eigenvalue weighted by Gasteiger charge is -2.76. The van der Waals surface area contributed by atoms with Crippen molar-refractivity contribution in [2.24, 2.45) is 68.0 Å². The predicted octanol–water partition coefficient (Wildman–Crippen LogP) is 6.02. The second-order valence-electron chi connectivity index (χ2n) is 22.1. The number of carbonyl (C=O) groups excluding carboxylic acids is 3. The number of hydrogen-bond acceptors (Lipinski definition) is 12. The van der Waals surface area contributed by atoms with Gasteiger partial charge in [-0.25, -0.2) is 0 Å². The third kappa shape index (κ3) is 5.07. The van der Waals surface area contributed by atoms with Gasteiger partial charge in [-0.1, -0.05) is 65.7 Å². The van der Waals surface area contributed by atoms with E-state index < -0.39 is 92.1 Å². The minimum absolute atomic E-state index is 0.0103. The molecular weight excluding hydrogens is 870 g/mol. The second kappa shape index (κ2) is 14.1. The summed E-state index contributed by atoms with van der Waals surface area (Å²) in [5.41, 5.74) is -3.64. The van der Waals surface area contributed by atoms with E-state index in [1.165, 1.54) is 0 Å². The van der Waals surface area contributed by atoms with Gasteiger partial charge in [-0.2, -0.15) is 0 Å². The van der Waals surface area contributed by atoms with Gasteiger partial charge in [0.1, 0.15) is 23.0 Å². The number of hydrogen-bond donors (Lipinski definition) is 3. The highest BCUT2D eigenvalue weighted by Gasteiger charge is 2.91. The van der Waals surface area contributed by atoms with Crippen molar-refractivity contribution in [3.05, 3.63) is 48.6 Å². The van der Waals surface area contributed by atoms with Gasteiger partial charge in [0.15, 0.2) is 28.9 Å². The SMILES string of the molecule is C=C1C(=O)[C@@]23[C@@H]4OC(C)(C)O[C@]25OC[C@]2(C=CC(=O)C(C)(C)[C@H]2[C@@H]5O)[C@@H]3CC[C@@H]14.C=C1C(=O)[C@@]23[C@@H]4OC(C)(C)O[C@]25OC[C@]2(C=C[C@H](O)C(C)(C)[C@H]2[C@@H]5O)[C@@H]3CC[C@@H]14.ClCCl.[2H]PC. The number of allylic oxidation sites excluding steroid dienone is 1. The molecular formula is C48H65Cl2O12P. The monoisotopic (exact) mass is 935 g/mol. The fraction of sp³-hybridized carbons (Fsp3) is 0.771. The number of alkyl halides is 2. The molecule has 0 aromatic heterocycles. The number of halogens is 2. The molecule has 6 spiro atoms. The molecule has 8 bridgehead atoms. The van der Waals surface area contributed by atoms with E-state index in [1.807, 2.05) is 66.4 Å². The Kier molecular flexibility index (Phi) is 10.2. The molecule has 18 atom stereocenters. The largest absolute Gasteiger partial charge is 0.388 e. The average molecular weight is 937 g/mol. The summed E-state index contributed by atoms with van der Waals surface area (Å²) in [6, 6.07) is 0. The van der Waals surface area contributed by atoms with Crippen LogP contribution >= 0.6 is 32.4 Å². The van der Waals surface area contributed by atoms with Crippen LogP contribution in [0, 0.1) is 68.0 Å². The summed E-state index contributed by atoms with van der Waals surface area (Å²) < 4.78 is 44.8. The van der Waals surface area contributed by atoms with Crippen LogP contribution in [0.2, 0.25) is 0 Å². The number of Topliss-reactive ketones (excluding diaryl/α,β-unsaturated/α-hetero) is 2. The van der Waals surface area contributed by atoms with Gasteiger partial charge in [0.25, 0.3) is 0 Å². The molecule has 15 heteroatoms. The number of ketones is 3. The van der Waals surface area contributed by atoms with E-state index in [0.29, 0.717) is 33.5 Å². The molecule has 0 amide bonds. The minimum Gasteiger partial charge on any atom is -0.388 e. The molecule has 12 fully saturated rings. The van der Waals surface area contributed by atoms with Crippen LogP contribution in [-0.2, 0) is 42.8 Å². The van der Waals surface area contributed by atoms with E-state index in [9.17, 15) is 29.7 Å². The standard InChI is InChI=1S/C23H30O6.C23H28O6.CH2Cl2.CH5P/c2*1-11-12-6-7-13-21-9-8-14(24)19(2,3)15(21)17(26)23(27-10-21)22(13,16(11)25)18(12)28-20(4,5)29-23;2-1-3;1-2/h8-9,12-15,17-18,24,26H,1,6-7,10H2,2-5H3;8-9,12-13,15,17-18,26H,1,6-7,10H2,2-5H3;1H2;2H2,1H3/t12-,13-,14-,15+,17-,18+,21+,22-,23-;12-,13-,15+,17-,18+,21+,22-,23-;;/m00../s1/i;;;2D. The topological polar surface area (TPSA) is 167 Å². The van der Waals surface area contributed by atoms with Gasteiger partial charge in [0.2, 0.25) is 11.6 Å². The molecule has 0 aromatic carbocycles. The number of rotatable bonds is 0. The molecule has 6 aliphatic heterocycles. The van der Waals surface area contributed by atoms with Gasteiger partial charge in [0, 0.05) is 45.3 Å². The lowest BCUT2D eigenvalue weighted by Crippen LogP contribution is -2.87. The average Bonchev–Trinajstić information content (AvgIpc) is 3.39. The zero-order chi connectivity index (χ0) is 47.0. The van der Waals surface area contributed by atoms with Gasteiger partial charge < -0.3 is 43.7 Å². The first-order valence-corrected chi connectivity index (χ1v) is 24.5. The zero-order valence-electron chi connectivity index (χ0n) is 38.8. The van der Waals surface area contributed by atoms with E-state index in [1.54, 1.807) is 19.9 Å². The van der Waals surface area contributed by atoms with Crippen molar-refractivity contribution in [1.29, 1.82) is 1.28 Å². The highest BCUT2D eigenvalue weighted by atomic mass is 35.5. The van der Waals surface area contributed by atoms with Crippen LogP contribution in [0.15, 0.2) is 48.6 Å². The normalized spacial score (nSPS) is 53.1. The van der Waals surface area contributed by atoms with Gasteiger partial charge >= 0.3 is 0 Å². The quantitative estimate of drug-likeness (QED) is 0.112. The van der Waals surface area contributed by atoms with Crippen molar-refractivity contribution < 1.29 is 58.1 Å². The summed E-state index contributed by atoms with van der Waals surface area (Å²) in [4.78, 5) is 40.6. The molecule has 14 aliphatic rings. The van der Waals surface area contributed by atoms with Gasteiger partial charge in [-0.3, -0.25) is 14.4 Å². The van der Waals surface area contributed by atoms with Crippen LogP contribution in [0.4, 0.5) is 0 Å². The third-order valence-corrected chi connectivity index (χ3v) is 18.3. The number of fused-ring (bicyclic) bond motifs is 2. The van der Waals surface area contributed by atoms with Crippen molar-refractivity contribution >= 4 is 49.7 Å². The number of aliphatic hydroxyl groups excluding tert-OH is 3. The molecule has 6 heterocycles. The maximum absolute atomic E-state index is 13.9. The lowest BCUT2D eigenvalue weighted by atomic mass is 9.37. The third-order valence-electron chi connectivity index (χ3n) is 18.3. The molecule has 6 saturated carbocycles. The van der Waals surface area contributed by atoms with Crippen molar-refractivity contribution in [1.82, 2.24) is 0 Å². The first-order chi connectivity index (χ1) is 29.7. The highest BCUT2D eigenvalue weighted by molar-refractivity contribution is 7.15. The Balaban J connectivity index is 0.000000145. The molecule has 1 unspecified atom stereocenters. The molecule has 8 aliphatic carbocycles. The van der Waals surface area contributed by atoms with E-state index in [4.69, 9.17) is 52.9 Å². The molecule has 63 heavy (non-hydrogen) atoms.